The average Bonchev–Trinajstić information content (AvgIpc) is 3.62. The lowest BCUT2D eigenvalue weighted by Gasteiger charge is -2.48. The van der Waals surface area contributed by atoms with Gasteiger partial charge in [-0.2, -0.15) is 0 Å². The Labute approximate surface area is 182 Å². The van der Waals surface area contributed by atoms with Crippen molar-refractivity contribution in [1.82, 2.24) is 15.1 Å². The Balaban J connectivity index is 1.34. The van der Waals surface area contributed by atoms with E-state index in [-0.39, 0.29) is 24.0 Å². The number of nitrogens with zero attached hydrogens (tertiary/aromatic N) is 2. The maximum absolute atomic E-state index is 13.3. The van der Waals surface area contributed by atoms with Crippen molar-refractivity contribution in [2.45, 2.75) is 62.8 Å². The van der Waals surface area contributed by atoms with Gasteiger partial charge in [0, 0.05) is 38.3 Å². The summed E-state index contributed by atoms with van der Waals surface area (Å²) in [6.45, 7) is 2.68. The molecule has 1 N–H and O–H groups in total. The van der Waals surface area contributed by atoms with Crippen LogP contribution in [0.4, 0.5) is 9.18 Å². The monoisotopic (exact) mass is 433 g/mol. The molecule has 1 unspecified atom stereocenters. The second-order valence-electron chi connectivity index (χ2n) is 8.93. The van der Waals surface area contributed by atoms with Crippen LogP contribution in [0.5, 0.6) is 0 Å². The fourth-order valence-electron chi connectivity index (χ4n) is 4.85. The van der Waals surface area contributed by atoms with Gasteiger partial charge in [-0.3, -0.25) is 9.69 Å². The molecule has 2 saturated heterocycles. The molecule has 0 radical (unpaired) electrons. The van der Waals surface area contributed by atoms with Gasteiger partial charge in [0.2, 0.25) is 0 Å². The predicted octanol–water partition coefficient (Wildman–Crippen LogP) is 2.69. The van der Waals surface area contributed by atoms with Gasteiger partial charge in [0.25, 0.3) is 0 Å². The first-order valence-corrected chi connectivity index (χ1v) is 11.2. The highest BCUT2D eigenvalue weighted by molar-refractivity contribution is 5.80. The van der Waals surface area contributed by atoms with E-state index in [2.05, 4.69) is 15.0 Å². The number of amides is 2. The number of carbonyl (C=O) groups excluding carboxylic acids is 2. The van der Waals surface area contributed by atoms with Crippen molar-refractivity contribution in [3.63, 3.8) is 0 Å². The zero-order chi connectivity index (χ0) is 21.8. The van der Waals surface area contributed by atoms with Crippen LogP contribution < -0.4 is 5.32 Å². The van der Waals surface area contributed by atoms with Gasteiger partial charge in [-0.1, -0.05) is 12.1 Å². The summed E-state index contributed by atoms with van der Waals surface area (Å²) in [5.41, 5.74) is 0.948. The van der Waals surface area contributed by atoms with E-state index in [1.807, 2.05) is 12.1 Å². The van der Waals surface area contributed by atoms with Crippen LogP contribution in [0.1, 0.15) is 44.1 Å². The number of rotatable bonds is 6. The summed E-state index contributed by atoms with van der Waals surface area (Å²) in [7, 11) is 1.30. The second-order valence-corrected chi connectivity index (χ2v) is 8.93. The molecule has 1 spiro atoms. The number of hydrogen-bond donors (Lipinski definition) is 1. The zero-order valence-electron chi connectivity index (χ0n) is 18.1. The van der Waals surface area contributed by atoms with E-state index in [9.17, 15) is 14.0 Å². The number of esters is 1. The molecule has 1 aromatic rings. The van der Waals surface area contributed by atoms with E-state index < -0.39 is 5.97 Å². The smallest absolute Gasteiger partial charge is 0.325 e. The van der Waals surface area contributed by atoms with Gasteiger partial charge in [-0.25, -0.2) is 9.18 Å². The van der Waals surface area contributed by atoms with Crippen molar-refractivity contribution in [2.24, 2.45) is 0 Å². The van der Waals surface area contributed by atoms with Crippen LogP contribution in [0.15, 0.2) is 24.3 Å². The van der Waals surface area contributed by atoms with Gasteiger partial charge < -0.3 is 19.7 Å². The van der Waals surface area contributed by atoms with Gasteiger partial charge in [0.05, 0.1) is 12.7 Å². The maximum atomic E-state index is 13.3. The first-order chi connectivity index (χ1) is 15.0. The molecule has 31 heavy (non-hydrogen) atoms. The number of halogens is 1. The molecule has 2 amide bonds. The topological polar surface area (TPSA) is 71.1 Å². The quantitative estimate of drug-likeness (QED) is 0.699. The number of benzene rings is 1. The van der Waals surface area contributed by atoms with E-state index in [1.54, 1.807) is 4.90 Å². The molecule has 1 atom stereocenters. The highest BCUT2D eigenvalue weighted by Crippen LogP contribution is 2.40. The SMILES string of the molecule is COC(=O)CNC(=O)N1CCC2(CC1)CC(N(Cc1ccc(F)cc1)C1CC1)CCO2. The van der Waals surface area contributed by atoms with Crippen molar-refractivity contribution in [3.05, 3.63) is 35.6 Å². The minimum atomic E-state index is -0.457. The predicted molar refractivity (Wildman–Crippen MR) is 113 cm³/mol. The van der Waals surface area contributed by atoms with E-state index in [0.717, 1.165) is 44.4 Å². The number of ether oxygens (including phenoxy) is 2. The number of likely N-dealkylation sites (tertiary alicyclic amines) is 1. The highest BCUT2D eigenvalue weighted by atomic mass is 19.1. The minimum Gasteiger partial charge on any atom is -0.468 e. The lowest BCUT2D eigenvalue weighted by Crippen LogP contribution is -2.56. The third kappa shape index (κ3) is 5.54. The molecule has 2 aliphatic heterocycles. The van der Waals surface area contributed by atoms with E-state index in [0.29, 0.717) is 25.2 Å². The fraction of sp³-hybridized carbons (Fsp3) is 0.652. The van der Waals surface area contributed by atoms with Crippen LogP contribution in [0, 0.1) is 5.82 Å². The lowest BCUT2D eigenvalue weighted by molar-refractivity contribution is -0.139. The number of piperidine rings is 1. The van der Waals surface area contributed by atoms with E-state index in [1.165, 1.54) is 32.1 Å². The zero-order valence-corrected chi connectivity index (χ0v) is 18.1. The number of hydrogen-bond acceptors (Lipinski definition) is 5. The molecular formula is C23H32FN3O4. The van der Waals surface area contributed by atoms with Gasteiger partial charge in [0.15, 0.2) is 0 Å². The summed E-state index contributed by atoms with van der Waals surface area (Å²) in [6, 6.07) is 7.64. The molecule has 0 aromatic heterocycles. The van der Waals surface area contributed by atoms with E-state index >= 15 is 0 Å². The highest BCUT2D eigenvalue weighted by Gasteiger charge is 2.45. The lowest BCUT2D eigenvalue weighted by atomic mass is 9.81. The van der Waals surface area contributed by atoms with Crippen molar-refractivity contribution in [2.75, 3.05) is 33.4 Å². The average molecular weight is 434 g/mol. The van der Waals surface area contributed by atoms with Crippen molar-refractivity contribution in [3.8, 4) is 0 Å². The van der Waals surface area contributed by atoms with Crippen LogP contribution in [-0.2, 0) is 20.8 Å². The van der Waals surface area contributed by atoms with Gasteiger partial charge in [-0.15, -0.1) is 0 Å². The van der Waals surface area contributed by atoms with Crippen LogP contribution in [-0.4, -0.2) is 72.8 Å². The number of nitrogens with one attached hydrogen (secondary N) is 1. The van der Waals surface area contributed by atoms with Crippen LogP contribution >= 0.6 is 0 Å². The van der Waals surface area contributed by atoms with Gasteiger partial charge in [-0.05, 0) is 56.2 Å². The molecule has 3 aliphatic rings. The Bertz CT molecular complexity index is 776. The molecule has 3 fully saturated rings. The summed E-state index contributed by atoms with van der Waals surface area (Å²) in [5.74, 6) is -0.657. The summed E-state index contributed by atoms with van der Waals surface area (Å²) in [5, 5.41) is 2.61. The van der Waals surface area contributed by atoms with Crippen molar-refractivity contribution in [1.29, 1.82) is 0 Å². The normalized spacial score (nSPS) is 23.1. The largest absolute Gasteiger partial charge is 0.468 e. The molecular weight excluding hydrogens is 401 g/mol. The second kappa shape index (κ2) is 9.53. The number of urea groups is 1. The molecule has 8 heteroatoms. The Morgan fingerprint density at radius 3 is 2.55 bits per heavy atom. The van der Waals surface area contributed by atoms with Crippen LogP contribution in [0.25, 0.3) is 0 Å². The van der Waals surface area contributed by atoms with Gasteiger partial charge >= 0.3 is 12.0 Å². The molecule has 1 aliphatic carbocycles. The maximum Gasteiger partial charge on any atom is 0.325 e. The fourth-order valence-corrected chi connectivity index (χ4v) is 4.85. The summed E-state index contributed by atoms with van der Waals surface area (Å²) in [4.78, 5) is 27.9. The molecule has 0 bridgehead atoms. The third-order valence-electron chi connectivity index (χ3n) is 6.80. The van der Waals surface area contributed by atoms with Crippen LogP contribution in [0.2, 0.25) is 0 Å². The summed E-state index contributed by atoms with van der Waals surface area (Å²) < 4.78 is 24.2. The standard InChI is InChI=1S/C23H32FN3O4/c1-30-21(28)15-25-22(29)26-11-9-23(10-12-26)14-20(8-13-31-23)27(19-6-7-19)16-17-2-4-18(24)5-3-17/h2-5,19-20H,6-16H2,1H3,(H,25,29). The first kappa shape index (κ1) is 22.0. The minimum absolute atomic E-state index is 0.116. The van der Waals surface area contributed by atoms with Crippen molar-refractivity contribution < 1.29 is 23.5 Å². The molecule has 7 nitrogen and oxygen atoms in total. The molecule has 170 valence electrons. The van der Waals surface area contributed by atoms with E-state index in [4.69, 9.17) is 4.74 Å². The Morgan fingerprint density at radius 1 is 1.19 bits per heavy atom. The molecule has 2 heterocycles. The summed E-state index contributed by atoms with van der Waals surface area (Å²) >= 11 is 0. The number of carbonyl (C=O) groups is 2. The molecule has 1 aromatic carbocycles. The summed E-state index contributed by atoms with van der Waals surface area (Å²) in [6.07, 6.45) is 6.00. The first-order valence-electron chi connectivity index (χ1n) is 11.2. The molecule has 1 saturated carbocycles. The Kier molecular flexibility index (Phi) is 6.77. The van der Waals surface area contributed by atoms with Crippen molar-refractivity contribution >= 4 is 12.0 Å². The number of methoxy groups -OCH3 is 1. The van der Waals surface area contributed by atoms with Crippen LogP contribution in [0.3, 0.4) is 0 Å². The Hall–Kier alpha value is -2.19. The molecule has 4 rings (SSSR count). The van der Waals surface area contributed by atoms with Gasteiger partial charge in [0.1, 0.15) is 12.4 Å². The Morgan fingerprint density at radius 2 is 1.90 bits per heavy atom. The third-order valence-corrected chi connectivity index (χ3v) is 6.80.